The zero-order valence-electron chi connectivity index (χ0n) is 11.8. The van der Waals surface area contributed by atoms with Gasteiger partial charge in [0, 0.05) is 25.2 Å². The molecule has 2 rings (SSSR count). The molecule has 0 amide bonds. The maximum atomic E-state index is 12.9. The second-order valence-corrected chi connectivity index (χ2v) is 6.58. The lowest BCUT2D eigenvalue weighted by Crippen LogP contribution is -2.14. The summed E-state index contributed by atoms with van der Waals surface area (Å²) in [6.07, 6.45) is -1.82. The summed E-state index contributed by atoms with van der Waals surface area (Å²) < 4.78 is 61.5. The van der Waals surface area contributed by atoms with Crippen LogP contribution in [0.4, 0.5) is 24.9 Å². The highest BCUT2D eigenvalue weighted by Gasteiger charge is 2.35. The van der Waals surface area contributed by atoms with Crippen molar-refractivity contribution in [2.45, 2.75) is 17.7 Å². The van der Waals surface area contributed by atoms with Crippen LogP contribution < -0.4 is 11.1 Å². The van der Waals surface area contributed by atoms with Crippen molar-refractivity contribution >= 4 is 21.6 Å². The van der Waals surface area contributed by atoms with Gasteiger partial charge in [0.15, 0.2) is 14.9 Å². The highest BCUT2D eigenvalue weighted by atomic mass is 32.2. The van der Waals surface area contributed by atoms with Crippen molar-refractivity contribution in [3.05, 3.63) is 35.7 Å². The molecular weight excluding hydrogens is 335 g/mol. The molecule has 0 saturated heterocycles. The number of anilines is 2. The van der Waals surface area contributed by atoms with E-state index >= 15 is 0 Å². The maximum Gasteiger partial charge on any atom is 0.421 e. The molecule has 0 aliphatic rings. The van der Waals surface area contributed by atoms with Gasteiger partial charge in [-0.05, 0) is 17.7 Å². The van der Waals surface area contributed by atoms with Gasteiger partial charge in [-0.1, -0.05) is 0 Å². The molecule has 0 bridgehead atoms. The molecule has 11 heteroatoms. The van der Waals surface area contributed by atoms with Crippen molar-refractivity contribution in [1.29, 1.82) is 0 Å². The summed E-state index contributed by atoms with van der Waals surface area (Å²) in [6, 6.07) is 2.74. The number of rotatable bonds is 4. The van der Waals surface area contributed by atoms with Crippen LogP contribution in [0.3, 0.4) is 0 Å². The lowest BCUT2D eigenvalue weighted by Gasteiger charge is -2.13. The molecule has 2 aromatic rings. The van der Waals surface area contributed by atoms with Crippen LogP contribution in [0, 0.1) is 0 Å². The molecule has 23 heavy (non-hydrogen) atoms. The number of halogens is 3. The van der Waals surface area contributed by atoms with Crippen LogP contribution in [0.2, 0.25) is 0 Å². The van der Waals surface area contributed by atoms with Gasteiger partial charge in [-0.2, -0.15) is 18.2 Å². The molecule has 2 heterocycles. The normalized spacial score (nSPS) is 12.2. The third-order valence-corrected chi connectivity index (χ3v) is 3.73. The van der Waals surface area contributed by atoms with E-state index in [0.29, 0.717) is 11.8 Å². The molecule has 2 aromatic heterocycles. The zero-order valence-corrected chi connectivity index (χ0v) is 12.6. The second-order valence-electron chi connectivity index (χ2n) is 4.62. The minimum atomic E-state index is -4.65. The van der Waals surface area contributed by atoms with E-state index < -0.39 is 27.4 Å². The van der Waals surface area contributed by atoms with Gasteiger partial charge in [-0.15, -0.1) is 0 Å². The predicted octanol–water partition coefficient (Wildman–Crippen LogP) is 1.49. The Bertz CT molecular complexity index is 824. The van der Waals surface area contributed by atoms with E-state index in [1.807, 2.05) is 0 Å². The van der Waals surface area contributed by atoms with E-state index in [9.17, 15) is 21.6 Å². The number of alkyl halides is 3. The zero-order chi connectivity index (χ0) is 17.3. The van der Waals surface area contributed by atoms with Crippen molar-refractivity contribution in [2.75, 3.05) is 17.3 Å². The fraction of sp³-hybridized carbons (Fsp3) is 0.250. The van der Waals surface area contributed by atoms with E-state index in [1.165, 1.54) is 18.3 Å². The Labute approximate surface area is 129 Å². The molecule has 124 valence electrons. The van der Waals surface area contributed by atoms with Crippen molar-refractivity contribution in [3.63, 3.8) is 0 Å². The molecular formula is C12H12F3N5O2S. The van der Waals surface area contributed by atoms with Gasteiger partial charge in [-0.3, -0.25) is 0 Å². The Kier molecular flexibility index (Phi) is 4.41. The van der Waals surface area contributed by atoms with Crippen LogP contribution in [0.15, 0.2) is 29.6 Å². The predicted molar refractivity (Wildman–Crippen MR) is 76.1 cm³/mol. The second kappa shape index (κ2) is 5.99. The van der Waals surface area contributed by atoms with Crippen molar-refractivity contribution in [2.24, 2.45) is 0 Å². The molecule has 0 fully saturated rings. The maximum absolute atomic E-state index is 12.9. The Morgan fingerprint density at radius 1 is 1.30 bits per heavy atom. The SMILES string of the molecule is CS(=O)(=O)c1cc(CNc2nc(N)ncc2C(F)(F)F)ccn1. The van der Waals surface area contributed by atoms with Crippen molar-refractivity contribution in [1.82, 2.24) is 15.0 Å². The molecule has 0 aliphatic heterocycles. The number of nitrogens with one attached hydrogen (secondary N) is 1. The Morgan fingerprint density at radius 2 is 2.00 bits per heavy atom. The van der Waals surface area contributed by atoms with E-state index in [-0.39, 0.29) is 17.5 Å². The van der Waals surface area contributed by atoms with Gasteiger partial charge >= 0.3 is 6.18 Å². The number of hydrogen-bond acceptors (Lipinski definition) is 7. The molecule has 0 spiro atoms. The van der Waals surface area contributed by atoms with Crippen LogP contribution in [0.25, 0.3) is 0 Å². The molecule has 7 nitrogen and oxygen atoms in total. The first-order chi connectivity index (χ1) is 10.6. The number of aromatic nitrogens is 3. The van der Waals surface area contributed by atoms with E-state index in [1.54, 1.807) is 0 Å². The third-order valence-electron chi connectivity index (χ3n) is 2.75. The summed E-state index contributed by atoms with van der Waals surface area (Å²) in [6.45, 7) is -0.0927. The summed E-state index contributed by atoms with van der Waals surface area (Å²) in [4.78, 5) is 10.5. The first-order valence-corrected chi connectivity index (χ1v) is 8.05. The average Bonchev–Trinajstić information content (AvgIpc) is 2.43. The van der Waals surface area contributed by atoms with Gasteiger partial charge in [0.05, 0.1) is 0 Å². The number of hydrogen-bond donors (Lipinski definition) is 2. The number of nitrogens with zero attached hydrogens (tertiary/aromatic N) is 3. The molecule has 3 N–H and O–H groups in total. The largest absolute Gasteiger partial charge is 0.421 e. The highest BCUT2D eigenvalue weighted by Crippen LogP contribution is 2.33. The summed E-state index contributed by atoms with van der Waals surface area (Å²) in [5.74, 6) is -0.797. The third kappa shape index (κ3) is 4.28. The van der Waals surface area contributed by atoms with Crippen LogP contribution in [0.1, 0.15) is 11.1 Å². The van der Waals surface area contributed by atoms with E-state index in [4.69, 9.17) is 5.73 Å². The Hall–Kier alpha value is -2.43. The van der Waals surface area contributed by atoms with Crippen molar-refractivity contribution < 1.29 is 21.6 Å². The first-order valence-electron chi connectivity index (χ1n) is 6.16. The molecule has 0 radical (unpaired) electrons. The molecule has 0 aromatic carbocycles. The molecule has 0 saturated carbocycles. The molecule has 0 atom stereocenters. The lowest BCUT2D eigenvalue weighted by molar-refractivity contribution is -0.137. The smallest absolute Gasteiger partial charge is 0.368 e. The summed E-state index contributed by atoms with van der Waals surface area (Å²) >= 11 is 0. The van der Waals surface area contributed by atoms with Crippen molar-refractivity contribution in [3.8, 4) is 0 Å². The van der Waals surface area contributed by atoms with Gasteiger partial charge in [0.2, 0.25) is 5.95 Å². The molecule has 0 unspecified atom stereocenters. The summed E-state index contributed by atoms with van der Waals surface area (Å²) in [5, 5.41) is 2.31. The number of sulfone groups is 1. The van der Waals surface area contributed by atoms with E-state index in [0.717, 1.165) is 6.26 Å². The summed E-state index contributed by atoms with van der Waals surface area (Å²) in [5.41, 5.74) is 4.66. The minimum Gasteiger partial charge on any atom is -0.368 e. The topological polar surface area (TPSA) is 111 Å². The lowest BCUT2D eigenvalue weighted by atomic mass is 10.2. The quantitative estimate of drug-likeness (QED) is 0.862. The van der Waals surface area contributed by atoms with Gasteiger partial charge in [0.1, 0.15) is 11.4 Å². The number of pyridine rings is 1. The summed E-state index contributed by atoms with van der Waals surface area (Å²) in [7, 11) is -3.51. The number of nitrogens with two attached hydrogens (primary N) is 1. The van der Waals surface area contributed by atoms with Crippen LogP contribution in [-0.4, -0.2) is 29.6 Å². The van der Waals surface area contributed by atoms with Crippen LogP contribution in [0.5, 0.6) is 0 Å². The Morgan fingerprint density at radius 3 is 2.61 bits per heavy atom. The van der Waals surface area contributed by atoms with Crippen LogP contribution >= 0.6 is 0 Å². The minimum absolute atomic E-state index is 0.0927. The fourth-order valence-corrected chi connectivity index (χ4v) is 2.30. The number of nitrogen functional groups attached to an aromatic ring is 1. The fourth-order valence-electron chi connectivity index (χ4n) is 1.69. The standard InChI is InChI=1S/C12H12F3N5O2S/c1-23(21,22)9-4-7(2-3-17-9)5-18-10-8(12(13,14)15)6-19-11(16)20-10/h2-4,6H,5H2,1H3,(H3,16,18,19,20). The first kappa shape index (κ1) is 16.9. The van der Waals surface area contributed by atoms with Crippen LogP contribution in [-0.2, 0) is 22.6 Å². The van der Waals surface area contributed by atoms with E-state index in [2.05, 4.69) is 20.3 Å². The Balaban J connectivity index is 2.27. The van der Waals surface area contributed by atoms with Gasteiger partial charge in [0.25, 0.3) is 0 Å². The average molecular weight is 347 g/mol. The molecule has 0 aliphatic carbocycles. The highest BCUT2D eigenvalue weighted by molar-refractivity contribution is 7.90. The van der Waals surface area contributed by atoms with Gasteiger partial charge < -0.3 is 11.1 Å². The monoisotopic (exact) mass is 347 g/mol. The van der Waals surface area contributed by atoms with Gasteiger partial charge in [-0.25, -0.2) is 18.4 Å².